The Bertz CT molecular complexity index is 834. The molecule has 23 heavy (non-hydrogen) atoms. The van der Waals surface area contributed by atoms with Crippen molar-refractivity contribution in [1.29, 1.82) is 0 Å². The Morgan fingerprint density at radius 2 is 1.65 bits per heavy atom. The molecule has 2 amide bonds. The molecule has 1 heterocycles. The molecule has 116 valence electrons. The quantitative estimate of drug-likeness (QED) is 0.765. The van der Waals surface area contributed by atoms with Crippen LogP contribution in [-0.2, 0) is 4.79 Å². The van der Waals surface area contributed by atoms with Crippen molar-refractivity contribution in [2.24, 2.45) is 0 Å². The largest absolute Gasteiger partial charge is 0.507 e. The van der Waals surface area contributed by atoms with Gasteiger partial charge in [0, 0.05) is 15.6 Å². The fourth-order valence-electron chi connectivity index (χ4n) is 2.06. The molecule has 2 aromatic carbocycles. The molecule has 0 unspecified atom stereocenters. The van der Waals surface area contributed by atoms with Gasteiger partial charge >= 0.3 is 0 Å². The van der Waals surface area contributed by atoms with E-state index in [9.17, 15) is 14.7 Å². The van der Waals surface area contributed by atoms with E-state index in [1.165, 1.54) is 24.3 Å². The molecule has 1 aliphatic heterocycles. The summed E-state index contributed by atoms with van der Waals surface area (Å²) < 4.78 is 0. The maximum atomic E-state index is 12.5. The number of thioether (sulfide) groups is 1. The lowest BCUT2D eigenvalue weighted by Crippen LogP contribution is -2.27. The van der Waals surface area contributed by atoms with Crippen molar-refractivity contribution in [3.63, 3.8) is 0 Å². The van der Waals surface area contributed by atoms with Gasteiger partial charge in [0.2, 0.25) is 0 Å². The van der Waals surface area contributed by atoms with Crippen molar-refractivity contribution in [1.82, 2.24) is 0 Å². The standard InChI is InChI=1S/C16H9Cl2NO3S/c17-10-1-4-12(5-2-10)19-15(21)14(23-16(19)22)8-9-7-11(18)3-6-13(9)20/h1-8,20H. The molecule has 1 N–H and O–H groups in total. The van der Waals surface area contributed by atoms with E-state index < -0.39 is 11.1 Å². The highest BCUT2D eigenvalue weighted by Crippen LogP contribution is 2.37. The summed E-state index contributed by atoms with van der Waals surface area (Å²) in [5, 5.41) is 10.3. The summed E-state index contributed by atoms with van der Waals surface area (Å²) in [6, 6.07) is 10.9. The van der Waals surface area contributed by atoms with E-state index >= 15 is 0 Å². The average Bonchev–Trinajstić information content (AvgIpc) is 2.79. The topological polar surface area (TPSA) is 57.6 Å². The molecule has 1 aliphatic rings. The second-order valence-electron chi connectivity index (χ2n) is 4.70. The Morgan fingerprint density at radius 1 is 1.00 bits per heavy atom. The van der Waals surface area contributed by atoms with Crippen molar-refractivity contribution < 1.29 is 14.7 Å². The van der Waals surface area contributed by atoms with Crippen LogP contribution in [0.5, 0.6) is 5.75 Å². The summed E-state index contributed by atoms with van der Waals surface area (Å²) in [5.41, 5.74) is 0.815. The predicted molar refractivity (Wildman–Crippen MR) is 93.0 cm³/mol. The zero-order valence-electron chi connectivity index (χ0n) is 11.5. The van der Waals surface area contributed by atoms with E-state index in [0.717, 1.165) is 16.7 Å². The SMILES string of the molecule is O=C1SC(=Cc2cc(Cl)ccc2O)C(=O)N1c1ccc(Cl)cc1. The van der Waals surface area contributed by atoms with Crippen molar-refractivity contribution >= 4 is 57.9 Å². The summed E-state index contributed by atoms with van der Waals surface area (Å²) in [4.78, 5) is 25.9. The maximum Gasteiger partial charge on any atom is 0.298 e. The smallest absolute Gasteiger partial charge is 0.298 e. The number of phenolic OH excluding ortho intramolecular Hbond substituents is 1. The van der Waals surface area contributed by atoms with Gasteiger partial charge < -0.3 is 5.11 Å². The number of carbonyl (C=O) groups is 2. The lowest BCUT2D eigenvalue weighted by atomic mass is 10.2. The van der Waals surface area contributed by atoms with E-state index in [4.69, 9.17) is 23.2 Å². The Balaban J connectivity index is 1.96. The lowest BCUT2D eigenvalue weighted by Gasteiger charge is -2.12. The van der Waals surface area contributed by atoms with Crippen molar-refractivity contribution in [2.45, 2.75) is 0 Å². The van der Waals surface area contributed by atoms with Gasteiger partial charge in [0.15, 0.2) is 0 Å². The highest BCUT2D eigenvalue weighted by atomic mass is 35.5. The summed E-state index contributed by atoms with van der Waals surface area (Å²) in [6.07, 6.45) is 1.45. The van der Waals surface area contributed by atoms with Crippen LogP contribution in [0.1, 0.15) is 5.56 Å². The molecule has 7 heteroatoms. The van der Waals surface area contributed by atoms with Crippen molar-refractivity contribution in [2.75, 3.05) is 4.90 Å². The summed E-state index contributed by atoms with van der Waals surface area (Å²) in [6.45, 7) is 0. The van der Waals surface area contributed by atoms with Gasteiger partial charge in [0.1, 0.15) is 5.75 Å². The third-order valence-electron chi connectivity index (χ3n) is 3.15. The minimum Gasteiger partial charge on any atom is -0.507 e. The van der Waals surface area contributed by atoms with Gasteiger partial charge in [-0.1, -0.05) is 23.2 Å². The normalized spacial score (nSPS) is 16.4. The lowest BCUT2D eigenvalue weighted by molar-refractivity contribution is -0.113. The van der Waals surface area contributed by atoms with Crippen LogP contribution < -0.4 is 4.90 Å². The van der Waals surface area contributed by atoms with Gasteiger partial charge in [-0.15, -0.1) is 0 Å². The van der Waals surface area contributed by atoms with E-state index in [-0.39, 0.29) is 10.7 Å². The molecule has 0 radical (unpaired) electrons. The molecular formula is C16H9Cl2NO3S. The zero-order valence-corrected chi connectivity index (χ0v) is 13.8. The summed E-state index contributed by atoms with van der Waals surface area (Å²) >= 11 is 12.5. The van der Waals surface area contributed by atoms with Gasteiger partial charge in [0.05, 0.1) is 10.6 Å². The van der Waals surface area contributed by atoms with E-state index in [1.807, 2.05) is 0 Å². The molecule has 4 nitrogen and oxygen atoms in total. The molecule has 1 fully saturated rings. The minimum atomic E-state index is -0.457. The van der Waals surface area contributed by atoms with Gasteiger partial charge in [-0.05, 0) is 60.3 Å². The molecule has 0 aliphatic carbocycles. The monoisotopic (exact) mass is 365 g/mol. The third kappa shape index (κ3) is 3.22. The number of rotatable bonds is 2. The van der Waals surface area contributed by atoms with Crippen molar-refractivity contribution in [3.05, 3.63) is 63.0 Å². The van der Waals surface area contributed by atoms with Gasteiger partial charge in [-0.3, -0.25) is 9.59 Å². The number of benzene rings is 2. The minimum absolute atomic E-state index is 0.0207. The van der Waals surface area contributed by atoms with Crippen LogP contribution in [0.25, 0.3) is 6.08 Å². The molecule has 0 saturated carbocycles. The Labute approximate surface area is 146 Å². The molecule has 3 rings (SSSR count). The first kappa shape index (κ1) is 15.9. The summed E-state index contributed by atoms with van der Waals surface area (Å²) in [7, 11) is 0. The van der Waals surface area contributed by atoms with Gasteiger partial charge in [-0.2, -0.15) is 0 Å². The molecule has 0 aromatic heterocycles. The van der Waals surface area contributed by atoms with Gasteiger partial charge in [0.25, 0.3) is 11.1 Å². The fraction of sp³-hybridized carbons (Fsp3) is 0. The number of halogens is 2. The number of nitrogens with zero attached hydrogens (tertiary/aromatic N) is 1. The van der Waals surface area contributed by atoms with E-state index in [2.05, 4.69) is 0 Å². The van der Waals surface area contributed by atoms with Crippen LogP contribution >= 0.6 is 35.0 Å². The second-order valence-corrected chi connectivity index (χ2v) is 6.56. The average molecular weight is 366 g/mol. The number of aromatic hydroxyl groups is 1. The molecule has 1 saturated heterocycles. The Morgan fingerprint density at radius 3 is 2.35 bits per heavy atom. The number of hydrogen-bond donors (Lipinski definition) is 1. The highest BCUT2D eigenvalue weighted by Gasteiger charge is 2.36. The number of carbonyl (C=O) groups excluding carboxylic acids is 2. The third-order valence-corrected chi connectivity index (χ3v) is 4.51. The summed E-state index contributed by atoms with van der Waals surface area (Å²) in [5.74, 6) is -0.477. The number of phenols is 1. The van der Waals surface area contributed by atoms with E-state index in [1.54, 1.807) is 24.3 Å². The van der Waals surface area contributed by atoms with Crippen LogP contribution in [0, 0.1) is 0 Å². The zero-order chi connectivity index (χ0) is 16.6. The molecular weight excluding hydrogens is 357 g/mol. The highest BCUT2D eigenvalue weighted by molar-refractivity contribution is 8.19. The van der Waals surface area contributed by atoms with Crippen LogP contribution in [0.4, 0.5) is 10.5 Å². The molecule has 0 bridgehead atoms. The number of anilines is 1. The van der Waals surface area contributed by atoms with Gasteiger partial charge in [-0.25, -0.2) is 4.90 Å². The van der Waals surface area contributed by atoms with Crippen LogP contribution in [0.3, 0.4) is 0 Å². The number of hydrogen-bond acceptors (Lipinski definition) is 4. The van der Waals surface area contributed by atoms with Crippen LogP contribution in [-0.4, -0.2) is 16.3 Å². The fourth-order valence-corrected chi connectivity index (χ4v) is 3.20. The van der Waals surface area contributed by atoms with Crippen LogP contribution in [0.15, 0.2) is 47.4 Å². The molecule has 0 spiro atoms. The first-order valence-corrected chi connectivity index (χ1v) is 8.05. The predicted octanol–water partition coefficient (Wildman–Crippen LogP) is 4.94. The molecule has 2 aromatic rings. The van der Waals surface area contributed by atoms with Crippen molar-refractivity contribution in [3.8, 4) is 5.75 Å². The second kappa shape index (κ2) is 6.28. The first-order valence-electron chi connectivity index (χ1n) is 6.48. The maximum absolute atomic E-state index is 12.5. The van der Waals surface area contributed by atoms with Crippen LogP contribution in [0.2, 0.25) is 10.0 Å². The Kier molecular flexibility index (Phi) is 4.35. The Hall–Kier alpha value is -1.95. The number of amides is 2. The first-order chi connectivity index (χ1) is 11.0. The molecule has 0 atom stereocenters. The number of imide groups is 1. The van der Waals surface area contributed by atoms with E-state index in [0.29, 0.717) is 21.3 Å².